The Balaban J connectivity index is 2.57. The first kappa shape index (κ1) is 7.46. The summed E-state index contributed by atoms with van der Waals surface area (Å²) in [4.78, 5) is 4.13. The standard InChI is InChI=1S/C5H13N5/c1-2-5-8-3-9(6)4-10(5)7/h2-4,6-7H2,1H3. The predicted molar refractivity (Wildman–Crippen MR) is 39.5 cm³/mol. The molecule has 10 heavy (non-hydrogen) atoms. The zero-order valence-corrected chi connectivity index (χ0v) is 6.12. The van der Waals surface area contributed by atoms with Crippen LogP contribution in [-0.4, -0.2) is 29.2 Å². The van der Waals surface area contributed by atoms with Gasteiger partial charge in [0.05, 0.1) is 0 Å². The van der Waals surface area contributed by atoms with E-state index in [9.17, 15) is 0 Å². The number of aliphatic imine (C=N–C) groups is 1. The summed E-state index contributed by atoms with van der Waals surface area (Å²) in [7, 11) is 0. The third-order valence-electron chi connectivity index (χ3n) is 1.42. The summed E-state index contributed by atoms with van der Waals surface area (Å²) in [5, 5.41) is 3.11. The van der Waals surface area contributed by atoms with E-state index in [1.807, 2.05) is 6.92 Å². The second-order valence-corrected chi connectivity index (χ2v) is 2.27. The van der Waals surface area contributed by atoms with Crippen molar-refractivity contribution < 1.29 is 0 Å². The average Bonchev–Trinajstić information content (AvgIpc) is 1.88. The van der Waals surface area contributed by atoms with Gasteiger partial charge in [-0.3, -0.25) is 15.8 Å². The lowest BCUT2D eigenvalue weighted by Gasteiger charge is -2.29. The fourth-order valence-electron chi connectivity index (χ4n) is 0.900. The molecule has 0 saturated heterocycles. The minimum atomic E-state index is 0.552. The summed E-state index contributed by atoms with van der Waals surface area (Å²) in [6.45, 7) is 3.13. The summed E-state index contributed by atoms with van der Waals surface area (Å²) in [5.74, 6) is 11.9. The first-order chi connectivity index (χ1) is 4.74. The number of hydrogen-bond donors (Lipinski definition) is 2. The molecule has 0 amide bonds. The van der Waals surface area contributed by atoms with Crippen molar-refractivity contribution in [3.8, 4) is 0 Å². The molecule has 5 heteroatoms. The highest BCUT2D eigenvalue weighted by Crippen LogP contribution is 1.98. The predicted octanol–water partition coefficient (Wildman–Crippen LogP) is -0.925. The van der Waals surface area contributed by atoms with Crippen LogP contribution in [0.2, 0.25) is 0 Å². The highest BCUT2D eigenvalue weighted by molar-refractivity contribution is 5.81. The lowest BCUT2D eigenvalue weighted by molar-refractivity contribution is 0.174. The maximum Gasteiger partial charge on any atom is 0.116 e. The van der Waals surface area contributed by atoms with Gasteiger partial charge in [0, 0.05) is 6.42 Å². The molecule has 1 aliphatic heterocycles. The van der Waals surface area contributed by atoms with Crippen LogP contribution in [-0.2, 0) is 0 Å². The average molecular weight is 143 g/mol. The van der Waals surface area contributed by atoms with E-state index in [1.54, 1.807) is 10.0 Å². The fourth-order valence-corrected chi connectivity index (χ4v) is 0.900. The molecule has 1 rings (SSSR count). The van der Waals surface area contributed by atoms with Gasteiger partial charge in [-0.05, 0) is 0 Å². The minimum absolute atomic E-state index is 0.552. The minimum Gasteiger partial charge on any atom is -0.283 e. The molecule has 0 bridgehead atoms. The molecule has 0 saturated carbocycles. The van der Waals surface area contributed by atoms with Gasteiger partial charge in [0.25, 0.3) is 0 Å². The van der Waals surface area contributed by atoms with E-state index in [1.165, 1.54) is 0 Å². The van der Waals surface area contributed by atoms with Gasteiger partial charge in [-0.15, -0.1) is 0 Å². The second kappa shape index (κ2) is 2.96. The third-order valence-corrected chi connectivity index (χ3v) is 1.42. The summed E-state index contributed by atoms with van der Waals surface area (Å²) < 4.78 is 0. The Morgan fingerprint density at radius 3 is 2.80 bits per heavy atom. The van der Waals surface area contributed by atoms with Gasteiger partial charge in [0.2, 0.25) is 0 Å². The van der Waals surface area contributed by atoms with E-state index >= 15 is 0 Å². The Morgan fingerprint density at radius 2 is 2.30 bits per heavy atom. The lowest BCUT2D eigenvalue weighted by Crippen LogP contribution is -2.52. The summed E-state index contributed by atoms with van der Waals surface area (Å²) in [6.07, 6.45) is 0.865. The molecular formula is C5H13N5. The number of hydrazine groups is 2. The van der Waals surface area contributed by atoms with Crippen molar-refractivity contribution in [2.75, 3.05) is 13.3 Å². The topological polar surface area (TPSA) is 70.9 Å². The zero-order chi connectivity index (χ0) is 7.56. The molecule has 0 radical (unpaired) electrons. The highest BCUT2D eigenvalue weighted by Gasteiger charge is 2.12. The molecule has 4 N–H and O–H groups in total. The third kappa shape index (κ3) is 1.44. The Hall–Kier alpha value is -0.650. The quantitative estimate of drug-likeness (QED) is 0.465. The van der Waals surface area contributed by atoms with Crippen LogP contribution in [0.4, 0.5) is 0 Å². The maximum absolute atomic E-state index is 5.56. The van der Waals surface area contributed by atoms with Gasteiger partial charge in [-0.1, -0.05) is 6.92 Å². The van der Waals surface area contributed by atoms with Crippen molar-refractivity contribution >= 4 is 5.84 Å². The number of amidine groups is 1. The van der Waals surface area contributed by atoms with Gasteiger partial charge in [0.1, 0.15) is 19.2 Å². The van der Waals surface area contributed by atoms with Crippen molar-refractivity contribution in [2.24, 2.45) is 16.7 Å². The normalized spacial score (nSPS) is 21.1. The number of rotatable bonds is 1. The monoisotopic (exact) mass is 143 g/mol. The van der Waals surface area contributed by atoms with Crippen molar-refractivity contribution in [1.29, 1.82) is 0 Å². The van der Waals surface area contributed by atoms with Crippen LogP contribution >= 0.6 is 0 Å². The molecule has 0 atom stereocenters. The Labute approximate surface area is 60.2 Å². The first-order valence-corrected chi connectivity index (χ1v) is 3.29. The molecule has 0 aliphatic carbocycles. The van der Waals surface area contributed by atoms with Crippen LogP contribution in [0.1, 0.15) is 13.3 Å². The Bertz CT molecular complexity index is 143. The van der Waals surface area contributed by atoms with Crippen molar-refractivity contribution in [3.63, 3.8) is 0 Å². The summed E-state index contributed by atoms with van der Waals surface area (Å²) in [6, 6.07) is 0. The van der Waals surface area contributed by atoms with Gasteiger partial charge in [-0.2, -0.15) is 0 Å². The van der Waals surface area contributed by atoms with Gasteiger partial charge < -0.3 is 0 Å². The smallest absolute Gasteiger partial charge is 0.116 e. The van der Waals surface area contributed by atoms with Gasteiger partial charge >= 0.3 is 0 Å². The SMILES string of the molecule is CCC1=NCN(N)CN1N. The number of hydrogen-bond acceptors (Lipinski definition) is 5. The van der Waals surface area contributed by atoms with Crippen LogP contribution in [0.25, 0.3) is 0 Å². The Kier molecular flexibility index (Phi) is 2.21. The van der Waals surface area contributed by atoms with Crippen LogP contribution in [0.3, 0.4) is 0 Å². The molecule has 1 heterocycles. The van der Waals surface area contributed by atoms with Crippen LogP contribution < -0.4 is 11.7 Å². The zero-order valence-electron chi connectivity index (χ0n) is 6.12. The van der Waals surface area contributed by atoms with E-state index in [2.05, 4.69) is 4.99 Å². The second-order valence-electron chi connectivity index (χ2n) is 2.27. The van der Waals surface area contributed by atoms with Crippen molar-refractivity contribution in [1.82, 2.24) is 10.0 Å². The van der Waals surface area contributed by atoms with Crippen molar-refractivity contribution in [2.45, 2.75) is 13.3 Å². The lowest BCUT2D eigenvalue weighted by atomic mass is 10.4. The van der Waals surface area contributed by atoms with Crippen LogP contribution in [0, 0.1) is 0 Å². The summed E-state index contributed by atoms with van der Waals surface area (Å²) in [5.41, 5.74) is 0. The molecule has 5 nitrogen and oxygen atoms in total. The van der Waals surface area contributed by atoms with E-state index in [0.29, 0.717) is 13.3 Å². The summed E-state index contributed by atoms with van der Waals surface area (Å²) >= 11 is 0. The highest BCUT2D eigenvalue weighted by atomic mass is 15.6. The number of nitrogens with zero attached hydrogens (tertiary/aromatic N) is 3. The van der Waals surface area contributed by atoms with Crippen molar-refractivity contribution in [3.05, 3.63) is 0 Å². The Morgan fingerprint density at radius 1 is 1.60 bits per heavy atom. The van der Waals surface area contributed by atoms with Crippen LogP contribution in [0.5, 0.6) is 0 Å². The van der Waals surface area contributed by atoms with Gasteiger partial charge in [0.15, 0.2) is 0 Å². The molecule has 0 fully saturated rings. The van der Waals surface area contributed by atoms with Crippen LogP contribution in [0.15, 0.2) is 4.99 Å². The largest absolute Gasteiger partial charge is 0.283 e. The number of nitrogens with two attached hydrogens (primary N) is 2. The van der Waals surface area contributed by atoms with E-state index < -0.39 is 0 Å². The molecule has 0 spiro atoms. The molecule has 58 valence electrons. The van der Waals surface area contributed by atoms with Gasteiger partial charge in [-0.25, -0.2) is 10.9 Å². The maximum atomic E-state index is 5.56. The molecule has 0 aromatic rings. The fraction of sp³-hybridized carbons (Fsp3) is 0.800. The van der Waals surface area contributed by atoms with E-state index in [4.69, 9.17) is 11.7 Å². The van der Waals surface area contributed by atoms with E-state index in [0.717, 1.165) is 12.3 Å². The molecule has 0 aromatic heterocycles. The molecule has 1 aliphatic rings. The molecule has 0 unspecified atom stereocenters. The first-order valence-electron chi connectivity index (χ1n) is 3.29. The van der Waals surface area contributed by atoms with E-state index in [-0.39, 0.29) is 0 Å². The molecular weight excluding hydrogens is 130 g/mol. The molecule has 0 aromatic carbocycles.